The van der Waals surface area contributed by atoms with Crippen molar-refractivity contribution in [2.45, 2.75) is 78.7 Å². The highest BCUT2D eigenvalue weighted by Crippen LogP contribution is 2.50. The molecule has 0 aromatic heterocycles. The summed E-state index contributed by atoms with van der Waals surface area (Å²) in [6, 6.07) is 12.4. The Balaban J connectivity index is 2.90. The van der Waals surface area contributed by atoms with E-state index >= 15 is 0 Å². The van der Waals surface area contributed by atoms with Crippen molar-refractivity contribution in [3.05, 3.63) is 69.8 Å². The molecule has 4 heteroatoms. The summed E-state index contributed by atoms with van der Waals surface area (Å²) in [6.45, 7) is 18.8. The summed E-state index contributed by atoms with van der Waals surface area (Å²) < 4.78 is 19.7. The molecule has 28 heavy (non-hydrogen) atoms. The van der Waals surface area contributed by atoms with Gasteiger partial charge in [-0.1, -0.05) is 89.1 Å². The van der Waals surface area contributed by atoms with Gasteiger partial charge in [0.25, 0.3) is 0 Å². The summed E-state index contributed by atoms with van der Waals surface area (Å²) >= 11 is 0. The van der Waals surface area contributed by atoms with E-state index in [9.17, 15) is 9.09 Å². The summed E-state index contributed by atoms with van der Waals surface area (Å²) in [4.78, 5) is 9.68. The van der Waals surface area contributed by atoms with E-state index in [1.165, 1.54) is 0 Å². The van der Waals surface area contributed by atoms with Gasteiger partial charge in [0, 0.05) is 0 Å². The number of rotatable bonds is 4. The highest BCUT2D eigenvalue weighted by molar-refractivity contribution is 7.40. The third-order valence-electron chi connectivity index (χ3n) is 5.25. The smallest absolute Gasteiger partial charge is 0.325 e. The van der Waals surface area contributed by atoms with Crippen molar-refractivity contribution in [2.24, 2.45) is 0 Å². The first-order chi connectivity index (χ1) is 12.7. The lowest BCUT2D eigenvalue weighted by atomic mass is 9.72. The predicted molar refractivity (Wildman–Crippen MR) is 118 cm³/mol. The average Bonchev–Trinajstić information content (AvgIpc) is 2.52. The van der Waals surface area contributed by atoms with Crippen LogP contribution < -0.4 is 0 Å². The van der Waals surface area contributed by atoms with Crippen LogP contribution in [0.5, 0.6) is 0 Å². The van der Waals surface area contributed by atoms with Crippen LogP contribution in [0.15, 0.2) is 36.4 Å². The molecule has 0 saturated carbocycles. The third-order valence-corrected chi connectivity index (χ3v) is 5.77. The summed E-state index contributed by atoms with van der Waals surface area (Å²) in [5.41, 5.74) is 4.81. The van der Waals surface area contributed by atoms with E-state index in [1.54, 1.807) is 0 Å². The molecule has 1 atom stereocenters. The van der Waals surface area contributed by atoms with Gasteiger partial charge in [0.05, 0.1) is 0 Å². The molecule has 0 saturated heterocycles. The molecule has 0 fully saturated rings. The fraction of sp³-hybridized carbons (Fsp3) is 0.500. The zero-order chi connectivity index (χ0) is 21.5. The molecule has 2 nitrogen and oxygen atoms in total. The highest BCUT2D eigenvalue weighted by atomic mass is 31.2. The van der Waals surface area contributed by atoms with Gasteiger partial charge >= 0.3 is 8.69 Å². The molecule has 0 aliphatic carbocycles. The number of hydrogen-bond donors (Lipinski definition) is 1. The van der Waals surface area contributed by atoms with Crippen LogP contribution in [-0.4, -0.2) is 4.89 Å². The molecule has 0 aliphatic rings. The van der Waals surface area contributed by atoms with Gasteiger partial charge in [-0.3, -0.25) is 4.52 Å². The first-order valence-corrected chi connectivity index (χ1v) is 10.8. The minimum atomic E-state index is -3.05. The van der Waals surface area contributed by atoms with Gasteiger partial charge in [0.1, 0.15) is 5.60 Å². The Morgan fingerprint density at radius 2 is 1.07 bits per heavy atom. The molecular formula is C24H34FO2P. The minimum absolute atomic E-state index is 0.160. The van der Waals surface area contributed by atoms with E-state index in [2.05, 4.69) is 67.5 Å². The maximum absolute atomic E-state index is 14.0. The topological polar surface area (TPSA) is 29.5 Å². The van der Waals surface area contributed by atoms with Crippen LogP contribution in [0.4, 0.5) is 4.20 Å². The van der Waals surface area contributed by atoms with Gasteiger partial charge in [-0.15, -0.1) is 0 Å². The zero-order valence-corrected chi connectivity index (χ0v) is 19.5. The molecule has 0 bridgehead atoms. The van der Waals surface area contributed by atoms with Crippen molar-refractivity contribution < 1.29 is 13.6 Å². The van der Waals surface area contributed by atoms with Crippen molar-refractivity contribution in [1.29, 1.82) is 0 Å². The number of hydrogen-bond acceptors (Lipinski definition) is 2. The van der Waals surface area contributed by atoms with Crippen molar-refractivity contribution in [2.75, 3.05) is 0 Å². The molecule has 0 amide bonds. The summed E-state index contributed by atoms with van der Waals surface area (Å²) in [6.07, 6.45) is 0. The Morgan fingerprint density at radius 3 is 1.36 bits per heavy atom. The molecule has 1 N–H and O–H groups in total. The second-order valence-corrected chi connectivity index (χ2v) is 10.6. The molecule has 0 heterocycles. The zero-order valence-electron chi connectivity index (χ0n) is 18.6. The molecule has 2 aromatic carbocycles. The second kappa shape index (κ2) is 7.86. The van der Waals surface area contributed by atoms with Gasteiger partial charge in [-0.05, 0) is 53.9 Å². The van der Waals surface area contributed by atoms with E-state index in [4.69, 9.17) is 4.52 Å². The lowest BCUT2D eigenvalue weighted by Crippen LogP contribution is -2.33. The molecule has 0 spiro atoms. The van der Waals surface area contributed by atoms with Crippen molar-refractivity contribution in [1.82, 2.24) is 0 Å². The standard InChI is InChI=1S/C24H34FO2P/c1-16-10-12-18(20(14-16)22(3,4)5)24(9,27-28(25)26)19-13-11-17(2)15-21(19)23(6,7)8/h10-15,26H,1-9H3. The van der Waals surface area contributed by atoms with Gasteiger partial charge in [0.2, 0.25) is 0 Å². The van der Waals surface area contributed by atoms with E-state index < -0.39 is 14.3 Å². The van der Waals surface area contributed by atoms with Gasteiger partial charge in [-0.2, -0.15) is 4.20 Å². The van der Waals surface area contributed by atoms with Crippen LogP contribution in [0.25, 0.3) is 0 Å². The quantitative estimate of drug-likeness (QED) is 0.539. The van der Waals surface area contributed by atoms with E-state index in [0.717, 1.165) is 33.4 Å². The van der Waals surface area contributed by atoms with Crippen molar-refractivity contribution in [3.63, 3.8) is 0 Å². The lowest BCUT2D eigenvalue weighted by molar-refractivity contribution is 0.117. The SMILES string of the molecule is Cc1ccc(C(C)(OP(O)F)c2ccc(C)cc2C(C)(C)C)c(C(C)(C)C)c1. The lowest BCUT2D eigenvalue weighted by Gasteiger charge is -2.39. The van der Waals surface area contributed by atoms with Crippen LogP contribution in [0.2, 0.25) is 0 Å². The predicted octanol–water partition coefficient (Wildman–Crippen LogP) is 7.37. The average molecular weight is 405 g/mol. The first kappa shape index (κ1) is 23.0. The van der Waals surface area contributed by atoms with Crippen LogP contribution in [0.3, 0.4) is 0 Å². The van der Waals surface area contributed by atoms with Crippen LogP contribution in [-0.2, 0) is 21.0 Å². The first-order valence-electron chi connectivity index (χ1n) is 9.73. The Bertz CT molecular complexity index is 781. The van der Waals surface area contributed by atoms with Crippen LogP contribution >= 0.6 is 8.69 Å². The fourth-order valence-electron chi connectivity index (χ4n) is 3.78. The van der Waals surface area contributed by atoms with Gasteiger partial charge in [0.15, 0.2) is 0 Å². The maximum atomic E-state index is 14.0. The van der Waals surface area contributed by atoms with Gasteiger partial charge < -0.3 is 4.89 Å². The normalized spacial score (nSPS) is 14.2. The van der Waals surface area contributed by atoms with Crippen molar-refractivity contribution >= 4 is 8.69 Å². The van der Waals surface area contributed by atoms with Crippen LogP contribution in [0.1, 0.15) is 81.8 Å². The van der Waals surface area contributed by atoms with E-state index in [-0.39, 0.29) is 10.8 Å². The Kier molecular flexibility index (Phi) is 6.46. The molecule has 0 aliphatic heterocycles. The fourth-order valence-corrected chi connectivity index (χ4v) is 4.28. The van der Waals surface area contributed by atoms with Gasteiger partial charge in [-0.25, -0.2) is 0 Å². The number of benzene rings is 2. The Morgan fingerprint density at radius 1 is 0.714 bits per heavy atom. The molecular weight excluding hydrogens is 370 g/mol. The Hall–Kier alpha value is -1.28. The van der Waals surface area contributed by atoms with Crippen molar-refractivity contribution in [3.8, 4) is 0 Å². The Labute approximate surface area is 171 Å². The second-order valence-electron chi connectivity index (χ2n) is 9.95. The molecule has 1 unspecified atom stereocenters. The molecule has 154 valence electrons. The van der Waals surface area contributed by atoms with E-state index in [0.29, 0.717) is 0 Å². The maximum Gasteiger partial charge on any atom is 0.373 e. The summed E-state index contributed by atoms with van der Waals surface area (Å²) in [7, 11) is -3.05. The largest absolute Gasteiger partial charge is 0.373 e. The van der Waals surface area contributed by atoms with E-state index in [1.807, 2.05) is 31.2 Å². The highest BCUT2D eigenvalue weighted by Gasteiger charge is 2.40. The monoisotopic (exact) mass is 404 g/mol. The third kappa shape index (κ3) is 4.82. The minimum Gasteiger partial charge on any atom is -0.325 e. The molecule has 2 aromatic rings. The number of halogens is 1. The summed E-state index contributed by atoms with van der Waals surface area (Å²) in [5.74, 6) is 0. The number of aryl methyl sites for hydroxylation is 2. The van der Waals surface area contributed by atoms with Crippen LogP contribution in [0, 0.1) is 13.8 Å². The summed E-state index contributed by atoms with van der Waals surface area (Å²) in [5, 5.41) is 0. The molecule has 2 rings (SSSR count). The molecule has 0 radical (unpaired) electrons.